The monoisotopic (exact) mass is 440 g/mol. The molecule has 1 heterocycles. The lowest BCUT2D eigenvalue weighted by Gasteiger charge is -2.33. The fraction of sp³-hybridized carbons (Fsp3) is 0.733. The maximum atomic E-state index is 2.61. The molecule has 0 spiro atoms. The highest BCUT2D eigenvalue weighted by Crippen LogP contribution is 2.24. The molecule has 1 aliphatic rings. The van der Waals surface area contributed by atoms with Gasteiger partial charge in [-0.3, -0.25) is 0 Å². The molecule has 1 aromatic rings. The molecule has 0 saturated carbocycles. The van der Waals surface area contributed by atoms with Crippen molar-refractivity contribution in [2.45, 2.75) is 136 Å². The van der Waals surface area contributed by atoms with E-state index in [-0.39, 0.29) is 0 Å². The fourth-order valence-electron chi connectivity index (χ4n) is 4.94. The molecule has 2 rings (SSSR count). The van der Waals surface area contributed by atoms with Crippen LogP contribution in [0.5, 0.6) is 0 Å². The van der Waals surface area contributed by atoms with Crippen molar-refractivity contribution in [2.75, 3.05) is 6.54 Å². The number of hydrogen-bond donors (Lipinski definition) is 0. The first-order chi connectivity index (χ1) is 15.8. The van der Waals surface area contributed by atoms with E-state index in [0.717, 1.165) is 6.54 Å². The number of hydrogen-bond acceptors (Lipinski definition) is 2. The number of benzene rings is 1. The summed E-state index contributed by atoms with van der Waals surface area (Å²) in [6.45, 7) is 6.85. The quantitative estimate of drug-likeness (QED) is 0.186. The van der Waals surface area contributed by atoms with Gasteiger partial charge in [0.2, 0.25) is 0 Å². The summed E-state index contributed by atoms with van der Waals surface area (Å²) >= 11 is 0. The standard InChI is InChI=1S/C30H52N2/c1-3-5-7-8-9-10-11-12-13-14-15-16-17-21-25-31-26-27-32(30(31)24-6-4-2)28-29-22-19-18-20-23-29/h18-20,22-23,26-27,30H,3-17,21,24-25,28H2,1-2H3. The molecule has 1 atom stereocenters. The molecule has 1 aliphatic heterocycles. The Labute approximate surface area is 200 Å². The molecular formula is C30H52N2. The van der Waals surface area contributed by atoms with Crippen LogP contribution in [0.2, 0.25) is 0 Å². The molecule has 1 unspecified atom stereocenters. The molecule has 32 heavy (non-hydrogen) atoms. The van der Waals surface area contributed by atoms with Gasteiger partial charge >= 0.3 is 0 Å². The number of nitrogens with zero attached hydrogens (tertiary/aromatic N) is 2. The zero-order valence-corrected chi connectivity index (χ0v) is 21.4. The molecule has 0 saturated heterocycles. The largest absolute Gasteiger partial charge is 0.356 e. The molecule has 0 N–H and O–H groups in total. The first-order valence-corrected chi connectivity index (χ1v) is 14.1. The molecule has 0 aromatic heterocycles. The second-order valence-corrected chi connectivity index (χ2v) is 9.91. The van der Waals surface area contributed by atoms with Crippen LogP contribution in [-0.4, -0.2) is 22.5 Å². The Morgan fingerprint density at radius 1 is 0.562 bits per heavy atom. The molecule has 182 valence electrons. The first kappa shape index (κ1) is 26.8. The van der Waals surface area contributed by atoms with Gasteiger partial charge in [0.15, 0.2) is 0 Å². The van der Waals surface area contributed by atoms with Crippen molar-refractivity contribution in [2.24, 2.45) is 0 Å². The summed E-state index contributed by atoms with van der Waals surface area (Å²) in [7, 11) is 0. The van der Waals surface area contributed by atoms with Gasteiger partial charge in [-0.15, -0.1) is 0 Å². The van der Waals surface area contributed by atoms with E-state index >= 15 is 0 Å². The Balaban J connectivity index is 1.51. The Kier molecular flexibility index (Phi) is 15.1. The van der Waals surface area contributed by atoms with Gasteiger partial charge in [-0.05, 0) is 24.8 Å². The molecule has 0 radical (unpaired) electrons. The minimum atomic E-state index is 0.553. The Morgan fingerprint density at radius 2 is 1.06 bits per heavy atom. The molecular weight excluding hydrogens is 388 g/mol. The van der Waals surface area contributed by atoms with E-state index in [2.05, 4.69) is 66.4 Å². The van der Waals surface area contributed by atoms with Crippen LogP contribution >= 0.6 is 0 Å². The van der Waals surface area contributed by atoms with Crippen molar-refractivity contribution in [3.05, 3.63) is 48.3 Å². The molecule has 2 nitrogen and oxygen atoms in total. The van der Waals surface area contributed by atoms with E-state index in [9.17, 15) is 0 Å². The van der Waals surface area contributed by atoms with Gasteiger partial charge in [-0.25, -0.2) is 0 Å². The van der Waals surface area contributed by atoms with Gasteiger partial charge in [-0.1, -0.05) is 134 Å². The van der Waals surface area contributed by atoms with Gasteiger partial charge < -0.3 is 9.80 Å². The molecule has 0 amide bonds. The van der Waals surface area contributed by atoms with Crippen molar-refractivity contribution in [1.82, 2.24) is 9.80 Å². The first-order valence-electron chi connectivity index (χ1n) is 14.1. The van der Waals surface area contributed by atoms with Crippen molar-refractivity contribution >= 4 is 0 Å². The highest BCUT2D eigenvalue weighted by molar-refractivity contribution is 5.15. The van der Waals surface area contributed by atoms with Gasteiger partial charge in [0, 0.05) is 25.5 Å². The summed E-state index contributed by atoms with van der Waals surface area (Å²) in [4.78, 5) is 5.16. The molecule has 1 aromatic carbocycles. The molecule has 0 aliphatic carbocycles. The zero-order valence-electron chi connectivity index (χ0n) is 21.4. The van der Waals surface area contributed by atoms with Crippen LogP contribution in [0.1, 0.15) is 129 Å². The third-order valence-corrected chi connectivity index (χ3v) is 7.01. The summed E-state index contributed by atoms with van der Waals surface area (Å²) < 4.78 is 0. The maximum Gasteiger partial charge on any atom is 0.101 e. The second kappa shape index (κ2) is 18.0. The molecule has 2 heteroatoms. The van der Waals surface area contributed by atoms with Crippen LogP contribution in [-0.2, 0) is 6.54 Å². The minimum absolute atomic E-state index is 0.553. The third kappa shape index (κ3) is 11.4. The lowest BCUT2D eigenvalue weighted by molar-refractivity contribution is 0.133. The average molecular weight is 441 g/mol. The Hall–Kier alpha value is -1.44. The van der Waals surface area contributed by atoms with E-state index in [1.165, 1.54) is 121 Å². The summed E-state index contributed by atoms with van der Waals surface area (Å²) in [6.07, 6.45) is 29.1. The van der Waals surface area contributed by atoms with Crippen molar-refractivity contribution in [1.29, 1.82) is 0 Å². The van der Waals surface area contributed by atoms with Crippen LogP contribution < -0.4 is 0 Å². The predicted octanol–water partition coefficient (Wildman–Crippen LogP) is 9.27. The number of rotatable bonds is 20. The van der Waals surface area contributed by atoms with E-state index in [1.54, 1.807) is 0 Å². The van der Waals surface area contributed by atoms with Crippen LogP contribution in [0.4, 0.5) is 0 Å². The van der Waals surface area contributed by atoms with Gasteiger partial charge in [-0.2, -0.15) is 0 Å². The summed E-state index contributed by atoms with van der Waals surface area (Å²) in [5.41, 5.74) is 1.41. The summed E-state index contributed by atoms with van der Waals surface area (Å²) in [5, 5.41) is 0. The van der Waals surface area contributed by atoms with Gasteiger partial charge in [0.25, 0.3) is 0 Å². The topological polar surface area (TPSA) is 6.48 Å². The Bertz CT molecular complexity index is 567. The third-order valence-electron chi connectivity index (χ3n) is 7.01. The zero-order chi connectivity index (χ0) is 22.7. The second-order valence-electron chi connectivity index (χ2n) is 9.91. The van der Waals surface area contributed by atoms with Gasteiger partial charge in [0.1, 0.15) is 6.17 Å². The van der Waals surface area contributed by atoms with Crippen LogP contribution in [0.15, 0.2) is 42.7 Å². The lowest BCUT2D eigenvalue weighted by atomic mass is 10.0. The SMILES string of the molecule is CCCCCCCCCCCCCCCCN1C=CN(Cc2ccccc2)C1CCCC. The van der Waals surface area contributed by atoms with Crippen LogP contribution in [0, 0.1) is 0 Å². The number of unbranched alkanes of at least 4 members (excludes halogenated alkanes) is 14. The Morgan fingerprint density at radius 3 is 1.62 bits per heavy atom. The maximum absolute atomic E-state index is 2.61. The average Bonchev–Trinajstić information content (AvgIpc) is 3.19. The highest BCUT2D eigenvalue weighted by atomic mass is 15.4. The van der Waals surface area contributed by atoms with Crippen LogP contribution in [0.25, 0.3) is 0 Å². The van der Waals surface area contributed by atoms with Gasteiger partial charge in [0.05, 0.1) is 0 Å². The molecule has 0 fully saturated rings. The van der Waals surface area contributed by atoms with Crippen molar-refractivity contribution in [3.8, 4) is 0 Å². The minimum Gasteiger partial charge on any atom is -0.356 e. The van der Waals surface area contributed by atoms with E-state index in [0.29, 0.717) is 6.17 Å². The van der Waals surface area contributed by atoms with Crippen LogP contribution in [0.3, 0.4) is 0 Å². The predicted molar refractivity (Wildman–Crippen MR) is 141 cm³/mol. The normalized spacial score (nSPS) is 15.8. The van der Waals surface area contributed by atoms with E-state index < -0.39 is 0 Å². The van der Waals surface area contributed by atoms with Crippen molar-refractivity contribution < 1.29 is 0 Å². The summed E-state index contributed by atoms with van der Waals surface area (Å²) in [6, 6.07) is 10.9. The molecule has 0 bridgehead atoms. The lowest BCUT2D eigenvalue weighted by Crippen LogP contribution is -2.38. The van der Waals surface area contributed by atoms with E-state index in [1.807, 2.05) is 0 Å². The fourth-order valence-corrected chi connectivity index (χ4v) is 4.94. The van der Waals surface area contributed by atoms with E-state index in [4.69, 9.17) is 0 Å². The smallest absolute Gasteiger partial charge is 0.101 e. The van der Waals surface area contributed by atoms with Crippen molar-refractivity contribution in [3.63, 3.8) is 0 Å². The summed E-state index contributed by atoms with van der Waals surface area (Å²) in [5.74, 6) is 0. The highest BCUT2D eigenvalue weighted by Gasteiger charge is 2.25.